The molecule has 3 N–H and O–H groups in total. The molecular weight excluding hydrogens is 232 g/mol. The van der Waals surface area contributed by atoms with Crippen LogP contribution in [0.1, 0.15) is 25.6 Å². The van der Waals surface area contributed by atoms with Gasteiger partial charge >= 0.3 is 5.69 Å². The van der Waals surface area contributed by atoms with E-state index in [0.29, 0.717) is 16.6 Å². The molecule has 1 unspecified atom stereocenters. The lowest BCUT2D eigenvalue weighted by Crippen LogP contribution is -2.34. The highest BCUT2D eigenvalue weighted by Gasteiger charge is 2.18. The summed E-state index contributed by atoms with van der Waals surface area (Å²) in [7, 11) is 1.43. The Hall–Kier alpha value is -1.95. The maximum absolute atomic E-state index is 12.1. The lowest BCUT2D eigenvalue weighted by Gasteiger charge is -2.16. The summed E-state index contributed by atoms with van der Waals surface area (Å²) >= 11 is 0. The molecule has 0 spiro atoms. The number of nitrogens with two attached hydrogens (primary N) is 1. The Labute approximate surface area is 103 Å². The Morgan fingerprint density at radius 3 is 2.67 bits per heavy atom. The first kappa shape index (κ1) is 12.5. The predicted octanol–water partition coefficient (Wildman–Crippen LogP) is 0.278. The maximum Gasteiger partial charge on any atom is 0.328 e. The Bertz CT molecular complexity index is 699. The number of nitrogens with zero attached hydrogens (tertiary/aromatic N) is 2. The molecule has 0 amide bonds. The lowest BCUT2D eigenvalue weighted by molar-refractivity contribution is 0.506. The first-order valence-corrected chi connectivity index (χ1v) is 5.77. The second kappa shape index (κ2) is 4.38. The number of fused-ring (bicyclic) bond motifs is 1. The number of aromatic nitrogens is 3. The fourth-order valence-corrected chi connectivity index (χ4v) is 1.83. The van der Waals surface area contributed by atoms with Gasteiger partial charge in [0.05, 0.1) is 22.6 Å². The van der Waals surface area contributed by atoms with Gasteiger partial charge in [0.25, 0.3) is 5.56 Å². The molecular formula is C12H16N4O2. The number of aromatic amines is 1. The van der Waals surface area contributed by atoms with Gasteiger partial charge in [-0.05, 0) is 12.0 Å². The van der Waals surface area contributed by atoms with E-state index >= 15 is 0 Å². The zero-order valence-corrected chi connectivity index (χ0v) is 10.6. The van der Waals surface area contributed by atoms with Crippen LogP contribution in [-0.4, -0.2) is 14.5 Å². The molecule has 2 heterocycles. The molecule has 0 bridgehead atoms. The van der Waals surface area contributed by atoms with Crippen molar-refractivity contribution in [3.8, 4) is 0 Å². The first-order valence-electron chi connectivity index (χ1n) is 5.77. The summed E-state index contributed by atoms with van der Waals surface area (Å²) in [6.07, 6.45) is 1.55. The van der Waals surface area contributed by atoms with Crippen LogP contribution in [0.4, 0.5) is 0 Å². The van der Waals surface area contributed by atoms with Crippen LogP contribution in [0.15, 0.2) is 21.9 Å². The fourth-order valence-electron chi connectivity index (χ4n) is 1.83. The van der Waals surface area contributed by atoms with Crippen LogP contribution in [0.25, 0.3) is 10.9 Å². The van der Waals surface area contributed by atoms with Crippen molar-refractivity contribution in [3.63, 3.8) is 0 Å². The molecule has 0 aliphatic rings. The van der Waals surface area contributed by atoms with E-state index in [9.17, 15) is 9.59 Å². The monoisotopic (exact) mass is 248 g/mol. The molecule has 6 heteroatoms. The van der Waals surface area contributed by atoms with Crippen LogP contribution in [0.5, 0.6) is 0 Å². The summed E-state index contributed by atoms with van der Waals surface area (Å²) < 4.78 is 1.03. The molecule has 0 saturated carbocycles. The number of nitrogens with one attached hydrogen (secondary N) is 1. The normalized spacial score (nSPS) is 13.2. The van der Waals surface area contributed by atoms with Crippen molar-refractivity contribution in [2.45, 2.75) is 19.9 Å². The van der Waals surface area contributed by atoms with Gasteiger partial charge in [0.15, 0.2) is 0 Å². The number of hydrogen-bond acceptors (Lipinski definition) is 4. The second-order valence-electron chi connectivity index (χ2n) is 4.68. The average molecular weight is 248 g/mol. The molecule has 0 radical (unpaired) electrons. The van der Waals surface area contributed by atoms with Gasteiger partial charge < -0.3 is 10.7 Å². The van der Waals surface area contributed by atoms with E-state index in [0.717, 1.165) is 4.57 Å². The third-order valence-electron chi connectivity index (χ3n) is 3.08. The van der Waals surface area contributed by atoms with E-state index in [2.05, 4.69) is 9.97 Å². The molecule has 0 aliphatic heterocycles. The topological polar surface area (TPSA) is 93.8 Å². The predicted molar refractivity (Wildman–Crippen MR) is 69.4 cm³/mol. The molecule has 0 saturated heterocycles. The van der Waals surface area contributed by atoms with Crippen molar-refractivity contribution in [2.24, 2.45) is 18.7 Å². The van der Waals surface area contributed by atoms with Crippen LogP contribution >= 0.6 is 0 Å². The van der Waals surface area contributed by atoms with E-state index in [4.69, 9.17) is 5.73 Å². The quantitative estimate of drug-likeness (QED) is 0.798. The molecule has 96 valence electrons. The second-order valence-corrected chi connectivity index (χ2v) is 4.68. The standard InChI is InChI=1S/C12H16N4O2/c1-6(2)9(13)10-8-7(4-5-14-10)15-12(18)16(3)11(8)17/h4-6,9H,13H2,1-3H3,(H,15,18). The van der Waals surface area contributed by atoms with Gasteiger partial charge in [-0.15, -0.1) is 0 Å². The Morgan fingerprint density at radius 2 is 2.06 bits per heavy atom. The first-order chi connectivity index (χ1) is 8.43. The zero-order chi connectivity index (χ0) is 13.4. The molecule has 0 aromatic carbocycles. The minimum Gasteiger partial charge on any atom is -0.322 e. The number of rotatable bonds is 2. The van der Waals surface area contributed by atoms with Crippen LogP contribution in [0.2, 0.25) is 0 Å². The minimum absolute atomic E-state index is 0.153. The van der Waals surface area contributed by atoms with Crippen molar-refractivity contribution in [1.82, 2.24) is 14.5 Å². The molecule has 18 heavy (non-hydrogen) atoms. The molecule has 2 rings (SSSR count). The summed E-state index contributed by atoms with van der Waals surface area (Å²) in [5.74, 6) is 0.153. The van der Waals surface area contributed by atoms with Crippen molar-refractivity contribution in [1.29, 1.82) is 0 Å². The van der Waals surface area contributed by atoms with Crippen molar-refractivity contribution >= 4 is 10.9 Å². The zero-order valence-electron chi connectivity index (χ0n) is 10.6. The minimum atomic E-state index is -0.442. The van der Waals surface area contributed by atoms with E-state index in [1.165, 1.54) is 7.05 Å². The maximum atomic E-state index is 12.1. The van der Waals surface area contributed by atoms with Crippen LogP contribution < -0.4 is 17.0 Å². The van der Waals surface area contributed by atoms with E-state index in [1.807, 2.05) is 13.8 Å². The van der Waals surface area contributed by atoms with E-state index in [1.54, 1.807) is 12.3 Å². The Balaban J connectivity index is 2.89. The Morgan fingerprint density at radius 1 is 1.39 bits per heavy atom. The molecule has 1 atom stereocenters. The van der Waals surface area contributed by atoms with Crippen LogP contribution in [0, 0.1) is 5.92 Å². The van der Waals surface area contributed by atoms with Gasteiger partial charge in [-0.3, -0.25) is 14.3 Å². The summed E-state index contributed by atoms with van der Waals surface area (Å²) in [5.41, 5.74) is 6.25. The molecule has 2 aromatic heterocycles. The van der Waals surface area contributed by atoms with Gasteiger partial charge in [0, 0.05) is 13.2 Å². The van der Waals surface area contributed by atoms with Gasteiger partial charge in [-0.25, -0.2) is 4.79 Å². The van der Waals surface area contributed by atoms with Gasteiger partial charge in [0.2, 0.25) is 0 Å². The van der Waals surface area contributed by atoms with Crippen molar-refractivity contribution in [3.05, 3.63) is 38.8 Å². The average Bonchev–Trinajstić information content (AvgIpc) is 2.34. The SMILES string of the molecule is CC(C)C(N)c1nccc2[nH]c(=O)n(C)c(=O)c12. The summed E-state index contributed by atoms with van der Waals surface area (Å²) in [6, 6.07) is 1.27. The van der Waals surface area contributed by atoms with E-state index < -0.39 is 5.69 Å². The molecule has 0 fully saturated rings. The third kappa shape index (κ3) is 1.84. The Kier molecular flexibility index (Phi) is 3.04. The largest absolute Gasteiger partial charge is 0.328 e. The summed E-state index contributed by atoms with van der Waals surface area (Å²) in [5, 5.41) is 0.390. The van der Waals surface area contributed by atoms with E-state index in [-0.39, 0.29) is 17.5 Å². The van der Waals surface area contributed by atoms with Crippen LogP contribution in [0.3, 0.4) is 0 Å². The fraction of sp³-hybridized carbons (Fsp3) is 0.417. The van der Waals surface area contributed by atoms with Gasteiger partial charge in [0.1, 0.15) is 0 Å². The van der Waals surface area contributed by atoms with Gasteiger partial charge in [-0.2, -0.15) is 0 Å². The smallest absolute Gasteiger partial charge is 0.322 e. The summed E-state index contributed by atoms with van der Waals surface area (Å²) in [6.45, 7) is 3.92. The number of hydrogen-bond donors (Lipinski definition) is 2. The van der Waals surface area contributed by atoms with Crippen LogP contribution in [-0.2, 0) is 7.05 Å². The van der Waals surface area contributed by atoms with Crippen molar-refractivity contribution in [2.75, 3.05) is 0 Å². The third-order valence-corrected chi connectivity index (χ3v) is 3.08. The molecule has 6 nitrogen and oxygen atoms in total. The number of pyridine rings is 1. The highest BCUT2D eigenvalue weighted by Crippen LogP contribution is 2.21. The van der Waals surface area contributed by atoms with Crippen molar-refractivity contribution < 1.29 is 0 Å². The number of H-pyrrole nitrogens is 1. The van der Waals surface area contributed by atoms with Gasteiger partial charge in [-0.1, -0.05) is 13.8 Å². The lowest BCUT2D eigenvalue weighted by atomic mass is 9.99. The molecule has 2 aromatic rings. The summed E-state index contributed by atoms with van der Waals surface area (Å²) in [4.78, 5) is 30.5. The highest BCUT2D eigenvalue weighted by atomic mass is 16.2. The highest BCUT2D eigenvalue weighted by molar-refractivity contribution is 5.79. The molecule has 0 aliphatic carbocycles.